The lowest BCUT2D eigenvalue weighted by molar-refractivity contribution is -0.142. The molecule has 0 aromatic heterocycles. The average molecular weight is 1050 g/mol. The molecular weight excluding hydrogens is 963 g/mol. The lowest BCUT2D eigenvalue weighted by Crippen LogP contribution is -2.48. The first kappa shape index (κ1) is 66.8. The first-order valence-corrected chi connectivity index (χ1v) is 26.6. The van der Waals surface area contributed by atoms with Gasteiger partial charge in [-0.05, 0) is 69.7 Å². The van der Waals surface area contributed by atoms with E-state index in [1.54, 1.807) is 19.2 Å². The van der Waals surface area contributed by atoms with Crippen LogP contribution in [0.1, 0.15) is 140 Å². The van der Waals surface area contributed by atoms with Crippen molar-refractivity contribution < 1.29 is 72.6 Å². The lowest BCUT2D eigenvalue weighted by Gasteiger charge is -2.19. The third kappa shape index (κ3) is 39.2. The Hall–Kier alpha value is -5.26. The zero-order valence-electron chi connectivity index (χ0n) is 43.9. The Morgan fingerprint density at radius 1 is 0.514 bits per heavy atom. The van der Waals surface area contributed by atoms with Crippen LogP contribution in [0.2, 0.25) is 0 Å². The van der Waals surface area contributed by atoms with Gasteiger partial charge in [-0.15, -0.1) is 0 Å². The highest BCUT2D eigenvalue weighted by molar-refractivity contribution is 5.87. The Balaban J connectivity index is 1.95. The SMILES string of the molecule is CN[C@@H](CCCCNC(=O)COCCOCCNC(=O)COCCOCCNC(=O)CC[C@H](NC(=O)CCCCCCCCCCCCCCCCC(=O)O)C(=O)O)C(=O)CN[C@@H](Cc1ccc(O)cc1)C(N)=O. The molecule has 0 aliphatic rings. The molecule has 0 unspecified atom stereocenters. The molecule has 74 heavy (non-hydrogen) atoms. The van der Waals surface area contributed by atoms with E-state index in [1.807, 2.05) is 0 Å². The van der Waals surface area contributed by atoms with Gasteiger partial charge in [-0.1, -0.05) is 89.2 Å². The van der Waals surface area contributed by atoms with E-state index in [0.717, 1.165) is 50.5 Å². The fourth-order valence-electron chi connectivity index (χ4n) is 7.62. The van der Waals surface area contributed by atoms with Gasteiger partial charge in [0.25, 0.3) is 0 Å². The lowest BCUT2D eigenvalue weighted by atomic mass is 10.0. The maximum Gasteiger partial charge on any atom is 0.326 e. The van der Waals surface area contributed by atoms with E-state index in [2.05, 4.69) is 31.9 Å². The fraction of sp³-hybridized carbons (Fsp3) is 0.731. The number of likely N-dealkylation sites (N-methyl/N-ethyl adjacent to an activating group) is 1. The van der Waals surface area contributed by atoms with Gasteiger partial charge in [-0.25, -0.2) is 4.79 Å². The van der Waals surface area contributed by atoms with Crippen molar-refractivity contribution in [3.8, 4) is 5.75 Å². The first-order valence-electron chi connectivity index (χ1n) is 26.6. The van der Waals surface area contributed by atoms with Crippen molar-refractivity contribution in [1.29, 1.82) is 0 Å². The average Bonchev–Trinajstić information content (AvgIpc) is 3.36. The van der Waals surface area contributed by atoms with Gasteiger partial charge < -0.3 is 66.6 Å². The van der Waals surface area contributed by atoms with Crippen LogP contribution in [-0.2, 0) is 63.7 Å². The van der Waals surface area contributed by atoms with Crippen molar-refractivity contribution in [3.63, 3.8) is 0 Å². The van der Waals surface area contributed by atoms with Crippen LogP contribution in [0.25, 0.3) is 0 Å². The molecule has 3 atom stereocenters. The zero-order chi connectivity index (χ0) is 54.4. The smallest absolute Gasteiger partial charge is 0.326 e. The Morgan fingerprint density at radius 2 is 1.00 bits per heavy atom. The van der Waals surface area contributed by atoms with E-state index in [1.165, 1.54) is 50.7 Å². The van der Waals surface area contributed by atoms with Crippen LogP contribution in [-0.4, -0.2) is 167 Å². The minimum Gasteiger partial charge on any atom is -0.508 e. The molecule has 1 rings (SSSR count). The Bertz CT molecular complexity index is 1720. The number of aliphatic carboxylic acids is 2. The molecule has 422 valence electrons. The number of aromatic hydroxyl groups is 1. The van der Waals surface area contributed by atoms with Gasteiger partial charge in [0.1, 0.15) is 25.0 Å². The number of primary amides is 1. The second-order valence-electron chi connectivity index (χ2n) is 18.2. The van der Waals surface area contributed by atoms with Gasteiger partial charge in [0.05, 0.1) is 58.3 Å². The number of ether oxygens (including phenoxy) is 4. The molecule has 0 aliphatic carbocycles. The number of phenolic OH excluding ortho intramolecular Hbond substituents is 1. The summed E-state index contributed by atoms with van der Waals surface area (Å²) in [4.78, 5) is 95.7. The molecule has 22 heteroatoms. The highest BCUT2D eigenvalue weighted by atomic mass is 16.5. The monoisotopic (exact) mass is 1050 g/mol. The summed E-state index contributed by atoms with van der Waals surface area (Å²) in [5, 5.41) is 44.2. The number of hydrogen-bond donors (Lipinski definition) is 10. The molecule has 0 saturated carbocycles. The number of ketones is 1. The summed E-state index contributed by atoms with van der Waals surface area (Å²) in [5.74, 6) is -3.83. The number of carbonyl (C=O) groups is 8. The van der Waals surface area contributed by atoms with E-state index < -0.39 is 36.0 Å². The summed E-state index contributed by atoms with van der Waals surface area (Å²) in [7, 11) is 1.68. The molecule has 0 saturated heterocycles. The molecule has 11 N–H and O–H groups in total. The molecule has 0 heterocycles. The number of benzene rings is 1. The minimum atomic E-state index is -1.19. The number of nitrogens with two attached hydrogens (primary N) is 1. The van der Waals surface area contributed by atoms with Crippen molar-refractivity contribution in [2.75, 3.05) is 86.1 Å². The summed E-state index contributed by atoms with van der Waals surface area (Å²) in [6.07, 6.45) is 17.5. The number of rotatable bonds is 51. The van der Waals surface area contributed by atoms with Gasteiger partial charge in [0.2, 0.25) is 29.5 Å². The van der Waals surface area contributed by atoms with E-state index in [0.29, 0.717) is 32.2 Å². The number of hydrogen-bond acceptors (Lipinski definition) is 15. The Kier molecular flexibility index (Phi) is 40.7. The summed E-state index contributed by atoms with van der Waals surface area (Å²) >= 11 is 0. The largest absolute Gasteiger partial charge is 0.508 e. The number of nitrogens with one attached hydrogen (secondary N) is 6. The van der Waals surface area contributed by atoms with Crippen LogP contribution in [0.4, 0.5) is 0 Å². The zero-order valence-corrected chi connectivity index (χ0v) is 43.9. The Morgan fingerprint density at radius 3 is 1.50 bits per heavy atom. The minimum absolute atomic E-state index is 0.0389. The summed E-state index contributed by atoms with van der Waals surface area (Å²) in [6.45, 7) is 1.61. The van der Waals surface area contributed by atoms with Crippen molar-refractivity contribution in [3.05, 3.63) is 29.8 Å². The first-order chi connectivity index (χ1) is 35.7. The second kappa shape index (κ2) is 45.2. The Labute approximate surface area is 437 Å². The summed E-state index contributed by atoms with van der Waals surface area (Å²) in [6, 6.07) is 4.06. The topological polar surface area (TPSA) is 332 Å². The van der Waals surface area contributed by atoms with Gasteiger partial charge in [-0.2, -0.15) is 0 Å². The third-order valence-corrected chi connectivity index (χ3v) is 11.9. The highest BCUT2D eigenvalue weighted by Crippen LogP contribution is 2.15. The highest BCUT2D eigenvalue weighted by Gasteiger charge is 2.22. The van der Waals surface area contributed by atoms with Crippen LogP contribution in [0.3, 0.4) is 0 Å². The number of carbonyl (C=O) groups excluding carboxylic acids is 6. The van der Waals surface area contributed by atoms with E-state index in [-0.39, 0.29) is 140 Å². The standard InChI is InChI=1S/C52H89N7O15/c1-54-42(45(61)37-58-44(51(53)68)36-40-21-23-41(60)24-22-40)18-16-17-27-55-48(64)38-73-34-33-72-31-29-57-49(65)39-74-35-32-71-30-28-56-46(62)26-25-43(52(69)70)59-47(63)19-14-12-10-8-6-4-2-3-5-7-9-11-13-15-20-50(66)67/h21-24,42-44,54,58,60H,2-20,25-39H2,1H3,(H2,53,68)(H,55,64)(H,56,62)(H,57,65)(H,59,63)(H,66,67)(H,69,70)/t42-,43-,44-/m0/s1. The van der Waals surface area contributed by atoms with Crippen molar-refractivity contribution >= 4 is 47.3 Å². The van der Waals surface area contributed by atoms with Crippen LogP contribution in [0.15, 0.2) is 24.3 Å². The van der Waals surface area contributed by atoms with Gasteiger partial charge in [0.15, 0.2) is 5.78 Å². The van der Waals surface area contributed by atoms with E-state index >= 15 is 0 Å². The number of carboxylic acid groups (broad SMARTS) is 2. The molecule has 0 spiro atoms. The quantitative estimate of drug-likeness (QED) is 0.0420. The van der Waals surface area contributed by atoms with E-state index in [4.69, 9.17) is 29.8 Å². The number of Topliss-reactive ketones (excluding diaryl/α,β-unsaturated/α-hetero) is 1. The maximum absolute atomic E-state index is 12.8. The van der Waals surface area contributed by atoms with Crippen LogP contribution in [0, 0.1) is 0 Å². The molecular formula is C52H89N7O15. The fourth-order valence-corrected chi connectivity index (χ4v) is 7.62. The van der Waals surface area contributed by atoms with Gasteiger partial charge in [0, 0.05) is 38.9 Å². The van der Waals surface area contributed by atoms with Crippen LogP contribution >= 0.6 is 0 Å². The molecule has 0 radical (unpaired) electrons. The van der Waals surface area contributed by atoms with Gasteiger partial charge >= 0.3 is 11.9 Å². The van der Waals surface area contributed by atoms with E-state index in [9.17, 15) is 48.6 Å². The molecule has 0 fully saturated rings. The molecule has 22 nitrogen and oxygen atoms in total. The second-order valence-corrected chi connectivity index (χ2v) is 18.2. The number of carboxylic acids is 2. The molecule has 1 aromatic rings. The maximum atomic E-state index is 12.8. The third-order valence-electron chi connectivity index (χ3n) is 11.9. The van der Waals surface area contributed by atoms with Crippen LogP contribution in [0.5, 0.6) is 5.75 Å². The number of amides is 5. The van der Waals surface area contributed by atoms with Crippen molar-refractivity contribution in [1.82, 2.24) is 31.9 Å². The summed E-state index contributed by atoms with van der Waals surface area (Å²) in [5.41, 5.74) is 6.31. The number of phenols is 1. The van der Waals surface area contributed by atoms with Crippen molar-refractivity contribution in [2.45, 2.75) is 159 Å². The molecule has 0 aliphatic heterocycles. The molecule has 5 amide bonds. The normalized spacial score (nSPS) is 12.3. The summed E-state index contributed by atoms with van der Waals surface area (Å²) < 4.78 is 21.5. The predicted octanol–water partition coefficient (Wildman–Crippen LogP) is 2.80. The van der Waals surface area contributed by atoms with Crippen molar-refractivity contribution in [2.24, 2.45) is 5.73 Å². The number of unbranched alkanes of at least 4 members (excludes halogenated alkanes) is 14. The molecule has 0 bridgehead atoms. The van der Waals surface area contributed by atoms with Gasteiger partial charge in [-0.3, -0.25) is 38.9 Å². The van der Waals surface area contributed by atoms with Crippen LogP contribution < -0.4 is 37.6 Å². The predicted molar refractivity (Wildman–Crippen MR) is 277 cm³/mol. The molecule has 1 aromatic carbocycles.